The number of halogens is 3. The molecule has 1 fully saturated rings. The third-order valence-corrected chi connectivity index (χ3v) is 4.95. The van der Waals surface area contributed by atoms with Crippen LogP contribution in [0.4, 0.5) is 18.9 Å². The van der Waals surface area contributed by atoms with E-state index >= 15 is 0 Å². The van der Waals surface area contributed by atoms with Gasteiger partial charge in [-0.15, -0.1) is 0 Å². The van der Waals surface area contributed by atoms with Gasteiger partial charge in [-0.25, -0.2) is 4.68 Å². The van der Waals surface area contributed by atoms with Crippen molar-refractivity contribution in [3.05, 3.63) is 81.8 Å². The molecule has 9 heteroatoms. The third kappa shape index (κ3) is 5.16. The Morgan fingerprint density at radius 3 is 2.47 bits per heavy atom. The molecule has 166 valence electrons. The van der Waals surface area contributed by atoms with Gasteiger partial charge in [0.2, 0.25) is 5.91 Å². The number of ether oxygens (including phenoxy) is 1. The van der Waals surface area contributed by atoms with E-state index in [1.54, 1.807) is 24.3 Å². The minimum absolute atomic E-state index is 0.105. The van der Waals surface area contributed by atoms with Crippen molar-refractivity contribution in [2.75, 3.05) is 5.32 Å². The summed E-state index contributed by atoms with van der Waals surface area (Å²) in [5.41, 5.74) is -0.995. The molecule has 6 nitrogen and oxygen atoms in total. The first-order chi connectivity index (χ1) is 15.2. The SMILES string of the molecule is Cc1cccc(Oc2ccc(NC(=O)Cn3nc(C4CC4)cc(C(F)(F)F)c3=O)cc2)c1. The van der Waals surface area contributed by atoms with E-state index in [9.17, 15) is 22.8 Å². The maximum absolute atomic E-state index is 13.2. The Kier molecular flexibility index (Phi) is 5.73. The molecule has 1 aliphatic rings. The van der Waals surface area contributed by atoms with Gasteiger partial charge in [-0.3, -0.25) is 9.59 Å². The van der Waals surface area contributed by atoms with Crippen LogP contribution in [0.1, 0.15) is 35.6 Å². The van der Waals surface area contributed by atoms with E-state index in [4.69, 9.17) is 4.74 Å². The van der Waals surface area contributed by atoms with Crippen molar-refractivity contribution in [2.24, 2.45) is 0 Å². The molecule has 3 aromatic rings. The van der Waals surface area contributed by atoms with Crippen molar-refractivity contribution in [3.8, 4) is 11.5 Å². The molecule has 0 unspecified atom stereocenters. The maximum atomic E-state index is 13.2. The largest absolute Gasteiger partial charge is 0.457 e. The van der Waals surface area contributed by atoms with Crippen LogP contribution in [0.5, 0.6) is 11.5 Å². The molecule has 1 aromatic heterocycles. The van der Waals surface area contributed by atoms with Crippen LogP contribution in [-0.4, -0.2) is 15.7 Å². The molecule has 0 atom stereocenters. The minimum atomic E-state index is -4.81. The van der Waals surface area contributed by atoms with Crippen molar-refractivity contribution in [1.29, 1.82) is 0 Å². The predicted octanol–water partition coefficient (Wildman–Crippen LogP) is 4.88. The molecule has 1 N–H and O–H groups in total. The summed E-state index contributed by atoms with van der Waals surface area (Å²) in [4.78, 5) is 24.6. The van der Waals surface area contributed by atoms with E-state index in [1.165, 1.54) is 0 Å². The quantitative estimate of drug-likeness (QED) is 0.590. The number of rotatable bonds is 6. The van der Waals surface area contributed by atoms with Crippen LogP contribution in [0.15, 0.2) is 59.4 Å². The lowest BCUT2D eigenvalue weighted by molar-refractivity contribution is -0.139. The number of hydrogen-bond acceptors (Lipinski definition) is 4. The Balaban J connectivity index is 1.46. The molecule has 0 radical (unpaired) electrons. The van der Waals surface area contributed by atoms with E-state index in [2.05, 4.69) is 10.4 Å². The van der Waals surface area contributed by atoms with Gasteiger partial charge in [-0.1, -0.05) is 12.1 Å². The van der Waals surface area contributed by atoms with E-state index in [0.717, 1.165) is 11.6 Å². The summed E-state index contributed by atoms with van der Waals surface area (Å²) in [6.45, 7) is 1.33. The van der Waals surface area contributed by atoms with Crippen LogP contribution >= 0.6 is 0 Å². The van der Waals surface area contributed by atoms with Crippen LogP contribution in [0.2, 0.25) is 0 Å². The summed E-state index contributed by atoms with van der Waals surface area (Å²) in [5, 5.41) is 6.55. The van der Waals surface area contributed by atoms with Gasteiger partial charge in [0.15, 0.2) is 0 Å². The van der Waals surface area contributed by atoms with Crippen molar-refractivity contribution in [1.82, 2.24) is 9.78 Å². The highest BCUT2D eigenvalue weighted by molar-refractivity contribution is 5.90. The number of nitrogens with zero attached hydrogens (tertiary/aromatic N) is 2. The number of aromatic nitrogens is 2. The standard InChI is InChI=1S/C23H20F3N3O3/c1-14-3-2-4-18(11-14)32-17-9-7-16(8-10-17)27-21(30)13-29-22(31)19(23(24,25)26)12-20(28-29)15-5-6-15/h2-4,7-12,15H,5-6,13H2,1H3,(H,27,30). The second kappa shape index (κ2) is 8.49. The highest BCUT2D eigenvalue weighted by Gasteiger charge is 2.37. The van der Waals surface area contributed by atoms with Gasteiger partial charge in [-0.05, 0) is 67.8 Å². The highest BCUT2D eigenvalue weighted by atomic mass is 19.4. The van der Waals surface area contributed by atoms with Crippen molar-refractivity contribution < 1.29 is 22.7 Å². The zero-order valence-corrected chi connectivity index (χ0v) is 17.1. The maximum Gasteiger partial charge on any atom is 0.421 e. The smallest absolute Gasteiger partial charge is 0.421 e. The number of carbonyl (C=O) groups excluding carboxylic acids is 1. The summed E-state index contributed by atoms with van der Waals surface area (Å²) in [7, 11) is 0. The number of nitrogens with one attached hydrogen (secondary N) is 1. The molecular formula is C23H20F3N3O3. The average Bonchev–Trinajstić information content (AvgIpc) is 3.55. The zero-order chi connectivity index (χ0) is 22.9. The fourth-order valence-electron chi connectivity index (χ4n) is 3.21. The highest BCUT2D eigenvalue weighted by Crippen LogP contribution is 2.40. The fourth-order valence-corrected chi connectivity index (χ4v) is 3.21. The first-order valence-corrected chi connectivity index (χ1v) is 10.0. The van der Waals surface area contributed by atoms with Crippen molar-refractivity contribution in [2.45, 2.75) is 38.4 Å². The van der Waals surface area contributed by atoms with Gasteiger partial charge >= 0.3 is 6.18 Å². The van der Waals surface area contributed by atoms with Gasteiger partial charge in [0.1, 0.15) is 23.6 Å². The normalized spacial score (nSPS) is 13.6. The zero-order valence-electron chi connectivity index (χ0n) is 17.1. The third-order valence-electron chi connectivity index (χ3n) is 4.95. The average molecular weight is 443 g/mol. The second-order valence-corrected chi connectivity index (χ2v) is 7.71. The predicted molar refractivity (Wildman–Crippen MR) is 112 cm³/mol. The number of anilines is 1. The molecule has 2 aromatic carbocycles. The molecule has 0 bridgehead atoms. The van der Waals surface area contributed by atoms with Gasteiger partial charge in [0.05, 0.1) is 5.69 Å². The van der Waals surface area contributed by atoms with Crippen LogP contribution < -0.4 is 15.6 Å². The molecular weight excluding hydrogens is 423 g/mol. The molecule has 1 amide bonds. The van der Waals surface area contributed by atoms with Gasteiger partial charge in [-0.2, -0.15) is 18.3 Å². The number of hydrogen-bond donors (Lipinski definition) is 1. The number of amides is 1. The lowest BCUT2D eigenvalue weighted by atomic mass is 10.2. The molecule has 1 aliphatic carbocycles. The summed E-state index contributed by atoms with van der Waals surface area (Å²) in [6.07, 6.45) is -3.38. The monoisotopic (exact) mass is 443 g/mol. The Hall–Kier alpha value is -3.62. The Morgan fingerprint density at radius 2 is 1.84 bits per heavy atom. The summed E-state index contributed by atoms with van der Waals surface area (Å²) in [5.74, 6) is 0.460. The Bertz CT molecular complexity index is 1200. The van der Waals surface area contributed by atoms with E-state index < -0.39 is 29.8 Å². The van der Waals surface area contributed by atoms with Crippen molar-refractivity contribution >= 4 is 11.6 Å². The van der Waals surface area contributed by atoms with E-state index in [-0.39, 0.29) is 11.6 Å². The summed E-state index contributed by atoms with van der Waals surface area (Å²) >= 11 is 0. The van der Waals surface area contributed by atoms with Gasteiger partial charge in [0.25, 0.3) is 5.56 Å². The summed E-state index contributed by atoms with van der Waals surface area (Å²) in [6, 6.07) is 14.8. The topological polar surface area (TPSA) is 73.2 Å². The number of alkyl halides is 3. The Morgan fingerprint density at radius 1 is 1.12 bits per heavy atom. The molecule has 1 saturated carbocycles. The summed E-state index contributed by atoms with van der Waals surface area (Å²) < 4.78 is 46.0. The van der Waals surface area contributed by atoms with E-state index in [1.807, 2.05) is 31.2 Å². The van der Waals surface area contributed by atoms with Crippen LogP contribution in [-0.2, 0) is 17.5 Å². The number of carbonyl (C=O) groups is 1. The van der Waals surface area contributed by atoms with Crippen LogP contribution in [0.3, 0.4) is 0 Å². The van der Waals surface area contributed by atoms with Crippen molar-refractivity contribution in [3.63, 3.8) is 0 Å². The molecule has 4 rings (SSSR count). The number of aryl methyl sites for hydroxylation is 1. The van der Waals surface area contributed by atoms with E-state index in [0.29, 0.717) is 34.7 Å². The molecule has 0 aliphatic heterocycles. The second-order valence-electron chi connectivity index (χ2n) is 7.71. The fraction of sp³-hybridized carbons (Fsp3) is 0.261. The van der Waals surface area contributed by atoms with Gasteiger partial charge < -0.3 is 10.1 Å². The lowest BCUT2D eigenvalue weighted by Crippen LogP contribution is -2.35. The first-order valence-electron chi connectivity index (χ1n) is 10.0. The Labute approximate surface area is 181 Å². The molecule has 0 saturated heterocycles. The van der Waals surface area contributed by atoms with Crippen LogP contribution in [0.25, 0.3) is 0 Å². The minimum Gasteiger partial charge on any atom is -0.457 e. The lowest BCUT2D eigenvalue weighted by Gasteiger charge is -2.13. The first kappa shape index (κ1) is 21.6. The molecule has 32 heavy (non-hydrogen) atoms. The molecule has 1 heterocycles. The molecule has 0 spiro atoms. The number of benzene rings is 2. The van der Waals surface area contributed by atoms with Gasteiger partial charge in [0, 0.05) is 11.6 Å². The van der Waals surface area contributed by atoms with Crippen LogP contribution in [0, 0.1) is 6.92 Å².